The third kappa shape index (κ3) is 11.0. The molecule has 0 saturated carbocycles. The highest BCUT2D eigenvalue weighted by Gasteiger charge is 2.29. The first-order valence-electron chi connectivity index (χ1n) is 13.9. The molecule has 0 saturated heterocycles. The molecule has 0 bridgehead atoms. The number of aryl methyl sites for hydroxylation is 3. The lowest BCUT2D eigenvalue weighted by atomic mass is 10.0. The average Bonchev–Trinajstić information content (AvgIpc) is 2.97. The summed E-state index contributed by atoms with van der Waals surface area (Å²) in [6.07, 6.45) is 1.48. The summed E-state index contributed by atoms with van der Waals surface area (Å²) in [5.41, 5.74) is 2.40. The van der Waals surface area contributed by atoms with Gasteiger partial charge in [0.05, 0.1) is 0 Å². The van der Waals surface area contributed by atoms with Crippen LogP contribution >= 0.6 is 0 Å². The van der Waals surface area contributed by atoms with Gasteiger partial charge in [-0.1, -0.05) is 36.4 Å². The van der Waals surface area contributed by atoms with E-state index in [0.29, 0.717) is 19.3 Å². The van der Waals surface area contributed by atoms with Crippen LogP contribution < -0.4 is 16.0 Å². The molecule has 43 heavy (non-hydrogen) atoms. The molecule has 0 unspecified atom stereocenters. The Labute approximate surface area is 249 Å². The van der Waals surface area contributed by atoms with E-state index in [0.717, 1.165) is 16.7 Å². The predicted octanol–water partition coefficient (Wildman–Crippen LogP) is 2.56. The van der Waals surface area contributed by atoms with Crippen molar-refractivity contribution in [2.75, 3.05) is 0 Å². The quantitative estimate of drug-likeness (QED) is 0.141. The van der Waals surface area contributed by atoms with Gasteiger partial charge in [0.1, 0.15) is 35.4 Å². The number of benzene rings is 3. The Morgan fingerprint density at radius 3 is 1.16 bits per heavy atom. The lowest BCUT2D eigenvalue weighted by molar-refractivity contribution is -0.142. The molecular weight excluding hydrogens is 554 g/mol. The maximum absolute atomic E-state index is 13.4. The molecule has 0 radical (unpaired) electrons. The highest BCUT2D eigenvalue weighted by molar-refractivity contribution is 5.93. The summed E-state index contributed by atoms with van der Waals surface area (Å²) >= 11 is 0. The lowest BCUT2D eigenvalue weighted by Crippen LogP contribution is -2.55. The van der Waals surface area contributed by atoms with Crippen LogP contribution in [0.2, 0.25) is 0 Å². The molecule has 228 valence electrons. The smallest absolute Gasteiger partial charge is 0.326 e. The van der Waals surface area contributed by atoms with Crippen LogP contribution in [-0.4, -0.2) is 62.2 Å². The van der Waals surface area contributed by atoms with Gasteiger partial charge in [-0.25, -0.2) is 4.79 Å². The molecular formula is C32H37N3O8. The van der Waals surface area contributed by atoms with Crippen molar-refractivity contribution >= 4 is 23.7 Å². The van der Waals surface area contributed by atoms with Crippen molar-refractivity contribution in [1.29, 1.82) is 0 Å². The molecule has 11 heteroatoms. The summed E-state index contributed by atoms with van der Waals surface area (Å²) < 4.78 is 0. The summed E-state index contributed by atoms with van der Waals surface area (Å²) in [5, 5.41) is 46.2. The summed E-state index contributed by atoms with van der Waals surface area (Å²) in [6, 6.07) is 15.8. The molecule has 3 amide bonds. The van der Waals surface area contributed by atoms with E-state index in [9.17, 15) is 39.6 Å². The maximum Gasteiger partial charge on any atom is 0.326 e. The Balaban J connectivity index is 1.73. The number of aromatic hydroxyl groups is 3. The normalized spacial score (nSPS) is 12.9. The first kappa shape index (κ1) is 32.5. The van der Waals surface area contributed by atoms with Gasteiger partial charge < -0.3 is 36.4 Å². The van der Waals surface area contributed by atoms with E-state index in [1.54, 1.807) is 36.4 Å². The Hall–Kier alpha value is -5.06. The van der Waals surface area contributed by atoms with Crippen molar-refractivity contribution in [2.24, 2.45) is 0 Å². The maximum atomic E-state index is 13.4. The summed E-state index contributed by atoms with van der Waals surface area (Å²) in [5.74, 6) is -2.70. The van der Waals surface area contributed by atoms with Gasteiger partial charge in [-0.2, -0.15) is 0 Å². The van der Waals surface area contributed by atoms with Crippen molar-refractivity contribution in [1.82, 2.24) is 16.0 Å². The molecule has 3 aromatic carbocycles. The number of phenols is 3. The molecule has 0 aliphatic rings. The van der Waals surface area contributed by atoms with Gasteiger partial charge in [-0.05, 0) is 91.6 Å². The van der Waals surface area contributed by atoms with Gasteiger partial charge in [-0.3, -0.25) is 14.4 Å². The molecule has 0 spiro atoms. The third-order valence-corrected chi connectivity index (χ3v) is 6.92. The van der Waals surface area contributed by atoms with Crippen LogP contribution in [0.15, 0.2) is 72.8 Å². The van der Waals surface area contributed by atoms with Crippen molar-refractivity contribution < 1.29 is 39.6 Å². The Kier molecular flexibility index (Phi) is 11.9. The molecule has 3 rings (SSSR count). The highest BCUT2D eigenvalue weighted by atomic mass is 16.4. The molecule has 0 fully saturated rings. The molecule has 0 aliphatic heterocycles. The number of rotatable bonds is 15. The second-order valence-electron chi connectivity index (χ2n) is 10.3. The number of nitrogens with one attached hydrogen (secondary N) is 3. The van der Waals surface area contributed by atoms with Crippen molar-refractivity contribution in [3.05, 3.63) is 89.5 Å². The SMILES string of the molecule is CC(=O)N[C@H](CCc1ccc(O)cc1)C(=O)N[C@H](CCc1ccc(O)cc1)C(=O)N[C@@H](CCc1ccc(O)cc1)C(=O)O. The van der Waals surface area contributed by atoms with Crippen LogP contribution in [-0.2, 0) is 38.4 Å². The molecule has 3 atom stereocenters. The van der Waals surface area contributed by atoms with E-state index in [-0.39, 0.29) is 36.5 Å². The minimum absolute atomic E-state index is 0.0750. The van der Waals surface area contributed by atoms with E-state index in [4.69, 9.17) is 0 Å². The molecule has 11 nitrogen and oxygen atoms in total. The molecule has 0 aromatic heterocycles. The van der Waals surface area contributed by atoms with Crippen molar-refractivity contribution in [2.45, 2.75) is 63.6 Å². The number of carbonyl (C=O) groups is 4. The number of amides is 3. The van der Waals surface area contributed by atoms with Gasteiger partial charge in [0.2, 0.25) is 17.7 Å². The van der Waals surface area contributed by atoms with Gasteiger partial charge >= 0.3 is 5.97 Å². The van der Waals surface area contributed by atoms with Gasteiger partial charge in [0.25, 0.3) is 0 Å². The average molecular weight is 592 g/mol. The van der Waals surface area contributed by atoms with E-state index < -0.39 is 41.8 Å². The van der Waals surface area contributed by atoms with Crippen LogP contribution in [0.25, 0.3) is 0 Å². The molecule has 0 aliphatic carbocycles. The fourth-order valence-corrected chi connectivity index (χ4v) is 4.51. The predicted molar refractivity (Wildman–Crippen MR) is 158 cm³/mol. The molecule has 7 N–H and O–H groups in total. The minimum Gasteiger partial charge on any atom is -0.508 e. The van der Waals surface area contributed by atoms with Crippen LogP contribution in [0.1, 0.15) is 42.9 Å². The first-order valence-corrected chi connectivity index (χ1v) is 13.9. The number of carbonyl (C=O) groups excluding carboxylic acids is 3. The fraction of sp³-hybridized carbons (Fsp3) is 0.312. The van der Waals surface area contributed by atoms with Gasteiger partial charge in [0, 0.05) is 6.92 Å². The topological polar surface area (TPSA) is 185 Å². The van der Waals surface area contributed by atoms with Gasteiger partial charge in [-0.15, -0.1) is 0 Å². The minimum atomic E-state index is -1.24. The number of hydrogen-bond acceptors (Lipinski definition) is 7. The van der Waals surface area contributed by atoms with Crippen LogP contribution in [0.5, 0.6) is 17.2 Å². The Morgan fingerprint density at radius 1 is 0.535 bits per heavy atom. The zero-order chi connectivity index (χ0) is 31.4. The molecule has 3 aromatic rings. The van der Waals surface area contributed by atoms with Crippen LogP contribution in [0.3, 0.4) is 0 Å². The van der Waals surface area contributed by atoms with Crippen LogP contribution in [0.4, 0.5) is 0 Å². The van der Waals surface area contributed by atoms with E-state index >= 15 is 0 Å². The zero-order valence-electron chi connectivity index (χ0n) is 23.8. The number of carboxylic acids is 1. The summed E-state index contributed by atoms with van der Waals surface area (Å²) in [4.78, 5) is 50.7. The highest BCUT2D eigenvalue weighted by Crippen LogP contribution is 2.15. The number of aliphatic carboxylic acids is 1. The van der Waals surface area contributed by atoms with Crippen molar-refractivity contribution in [3.63, 3.8) is 0 Å². The second-order valence-corrected chi connectivity index (χ2v) is 10.3. The summed E-state index contributed by atoms with van der Waals surface area (Å²) in [7, 11) is 0. The van der Waals surface area contributed by atoms with Gasteiger partial charge in [0.15, 0.2) is 0 Å². The first-order chi connectivity index (χ1) is 20.5. The number of hydrogen-bond donors (Lipinski definition) is 7. The second kappa shape index (κ2) is 15.8. The van der Waals surface area contributed by atoms with Crippen LogP contribution in [0, 0.1) is 0 Å². The third-order valence-electron chi connectivity index (χ3n) is 6.92. The standard InChI is InChI=1S/C32H37N3O8/c1-20(36)33-27(17-8-21-2-11-24(37)12-3-21)30(40)34-28(18-9-22-4-13-25(38)14-5-22)31(41)35-29(32(42)43)19-10-23-6-15-26(39)16-7-23/h2-7,11-16,27-29,37-39H,8-10,17-19H2,1H3,(H,33,36)(H,34,40)(H,35,41)(H,42,43)/t27-,28-,29+/m1/s1. The number of phenolic OH excluding ortho intramolecular Hbond substituents is 3. The fourth-order valence-electron chi connectivity index (χ4n) is 4.51. The molecule has 0 heterocycles. The van der Waals surface area contributed by atoms with E-state index in [1.807, 2.05) is 0 Å². The Morgan fingerprint density at radius 2 is 0.837 bits per heavy atom. The Bertz CT molecular complexity index is 1380. The summed E-state index contributed by atoms with van der Waals surface area (Å²) in [6.45, 7) is 1.28. The van der Waals surface area contributed by atoms with Crippen molar-refractivity contribution in [3.8, 4) is 17.2 Å². The zero-order valence-corrected chi connectivity index (χ0v) is 23.8. The lowest BCUT2D eigenvalue weighted by Gasteiger charge is -2.24. The largest absolute Gasteiger partial charge is 0.508 e. The number of carboxylic acid groups (broad SMARTS) is 1. The van der Waals surface area contributed by atoms with E-state index in [2.05, 4.69) is 16.0 Å². The van der Waals surface area contributed by atoms with E-state index in [1.165, 1.54) is 43.3 Å². The monoisotopic (exact) mass is 591 g/mol.